The van der Waals surface area contributed by atoms with E-state index in [0.717, 1.165) is 4.85 Å². The Hall–Kier alpha value is -1.59. The molecule has 1 heterocycles. The summed E-state index contributed by atoms with van der Waals surface area (Å²) in [4.78, 5) is 15.5. The monoisotopic (exact) mass is 159 g/mol. The number of aromatic nitrogens is 2. The van der Waals surface area contributed by atoms with Gasteiger partial charge in [-0.05, 0) is 6.07 Å². The molecular weight excluding hydrogens is 153 g/mol. The molecule has 2 N–H and O–H groups in total. The Balaban J connectivity index is 2.87. The molecule has 0 aliphatic carbocycles. The van der Waals surface area contributed by atoms with Gasteiger partial charge in [0.05, 0.1) is 6.20 Å². The van der Waals surface area contributed by atoms with Gasteiger partial charge in [-0.25, -0.2) is 4.39 Å². The highest BCUT2D eigenvalue weighted by atomic mass is 19.1. The Morgan fingerprint density at radius 3 is 3.18 bits per heavy atom. The van der Waals surface area contributed by atoms with E-state index in [1.807, 2.05) is 0 Å². The lowest BCUT2D eigenvalue weighted by Crippen LogP contribution is -2.22. The van der Waals surface area contributed by atoms with Crippen LogP contribution >= 0.6 is 0 Å². The predicted molar refractivity (Wildman–Crippen MR) is 33.3 cm³/mol. The lowest BCUT2D eigenvalue weighted by atomic mass is 10.4. The topological polar surface area (TPSA) is 70.1 Å². The zero-order chi connectivity index (χ0) is 8.27. The lowest BCUT2D eigenvalue weighted by Gasteiger charge is -2.00. The Kier molecular flexibility index (Phi) is 2.05. The molecule has 1 rings (SSSR count). The Morgan fingerprint density at radius 2 is 2.64 bits per heavy atom. The van der Waals surface area contributed by atoms with E-state index in [0.29, 0.717) is 0 Å². The highest BCUT2D eigenvalue weighted by Gasteiger charge is 2.07. The van der Waals surface area contributed by atoms with Gasteiger partial charge in [-0.15, -0.1) is 5.10 Å². The summed E-state index contributed by atoms with van der Waals surface area (Å²) in [6, 6.07) is 1.33. The third kappa shape index (κ3) is 1.46. The van der Waals surface area contributed by atoms with E-state index in [1.54, 1.807) is 0 Å². The van der Waals surface area contributed by atoms with E-state index < -0.39 is 12.8 Å². The first kappa shape index (κ1) is 7.52. The van der Waals surface area contributed by atoms with Crippen molar-refractivity contribution in [3.8, 4) is 0 Å². The average molecular weight is 159 g/mol. The fourth-order valence-corrected chi connectivity index (χ4v) is 0.616. The minimum Gasteiger partial charge on any atom is -0.364 e. The van der Waals surface area contributed by atoms with Crippen LogP contribution in [0.4, 0.5) is 4.39 Å². The van der Waals surface area contributed by atoms with Crippen molar-refractivity contribution >= 4 is 5.91 Å². The van der Waals surface area contributed by atoms with Crippen molar-refractivity contribution < 1.29 is 14.0 Å². The zero-order valence-electron chi connectivity index (χ0n) is 5.53. The van der Waals surface area contributed by atoms with Crippen molar-refractivity contribution in [1.29, 1.82) is 0 Å². The normalized spacial score (nSPS) is 9.55. The molecule has 0 fully saturated rings. The predicted octanol–water partition coefficient (Wildman–Crippen LogP) is -0.662. The summed E-state index contributed by atoms with van der Waals surface area (Å²) in [6.07, 6.45) is 1.29. The van der Waals surface area contributed by atoms with Gasteiger partial charge in [0, 0.05) is 0 Å². The van der Waals surface area contributed by atoms with Crippen molar-refractivity contribution in [2.24, 2.45) is 5.73 Å². The van der Waals surface area contributed by atoms with Gasteiger partial charge in [0.15, 0.2) is 5.69 Å². The molecule has 0 bridgehead atoms. The molecule has 11 heavy (non-hydrogen) atoms. The molecule has 1 aromatic heterocycles. The van der Waals surface area contributed by atoms with Gasteiger partial charge in [-0.1, -0.05) is 4.85 Å². The fraction of sp³-hybridized carbons (Fsp3) is 0.200. The molecule has 60 valence electrons. The number of rotatable bonds is 3. The summed E-state index contributed by atoms with van der Waals surface area (Å²) >= 11 is 0. The summed E-state index contributed by atoms with van der Waals surface area (Å²) < 4.78 is 11.6. The van der Waals surface area contributed by atoms with E-state index >= 15 is 0 Å². The smallest absolute Gasteiger partial charge is 0.270 e. The quantitative estimate of drug-likeness (QED) is 0.636. The molecule has 5 nitrogen and oxygen atoms in total. The maximum absolute atomic E-state index is 11.6. The molecule has 1 aromatic rings. The molecule has 0 atom stereocenters. The molecule has 0 unspecified atom stereocenters. The number of nitrogens with two attached hydrogens (primary N) is 1. The third-order valence-electron chi connectivity index (χ3n) is 1.03. The van der Waals surface area contributed by atoms with Crippen LogP contribution < -0.4 is 10.6 Å². The van der Waals surface area contributed by atoms with Crippen LogP contribution in [-0.2, 0) is 0 Å². The van der Waals surface area contributed by atoms with Crippen LogP contribution in [0, 0.1) is 0 Å². The SMILES string of the molecule is NC(=O)c1ccnn1OCF. The molecule has 6 heteroatoms. The standard InChI is InChI=1S/C5H6FN3O2/c6-3-11-9-4(5(7)10)1-2-8-9/h1-2H,3H2,(H2,7,10). The molecule has 0 aromatic carbocycles. The first-order valence-corrected chi connectivity index (χ1v) is 2.79. The maximum Gasteiger partial charge on any atom is 0.270 e. The highest BCUT2D eigenvalue weighted by molar-refractivity contribution is 5.90. The Morgan fingerprint density at radius 1 is 1.91 bits per heavy atom. The van der Waals surface area contributed by atoms with Crippen LogP contribution in [0.2, 0.25) is 0 Å². The van der Waals surface area contributed by atoms with E-state index in [1.165, 1.54) is 12.3 Å². The number of alkyl halides is 1. The number of halogens is 1. The molecule has 0 aliphatic heterocycles. The summed E-state index contributed by atoms with van der Waals surface area (Å²) in [5.41, 5.74) is 4.90. The maximum atomic E-state index is 11.6. The van der Waals surface area contributed by atoms with Gasteiger partial charge < -0.3 is 10.6 Å². The number of hydrogen-bond donors (Lipinski definition) is 1. The highest BCUT2D eigenvalue weighted by Crippen LogP contribution is 1.93. The number of carbonyl (C=O) groups is 1. The molecule has 0 saturated heterocycles. The fourth-order valence-electron chi connectivity index (χ4n) is 0.616. The first-order valence-electron chi connectivity index (χ1n) is 2.79. The van der Waals surface area contributed by atoms with E-state index in [-0.39, 0.29) is 5.69 Å². The van der Waals surface area contributed by atoms with Crippen LogP contribution in [-0.4, -0.2) is 22.7 Å². The van der Waals surface area contributed by atoms with Crippen molar-refractivity contribution in [1.82, 2.24) is 9.94 Å². The summed E-state index contributed by atoms with van der Waals surface area (Å²) in [5, 5.41) is 3.48. The number of hydrogen-bond acceptors (Lipinski definition) is 3. The van der Waals surface area contributed by atoms with Gasteiger partial charge in [0.2, 0.25) is 0 Å². The van der Waals surface area contributed by atoms with Crippen LogP contribution in [0.25, 0.3) is 0 Å². The molecule has 0 aliphatic rings. The van der Waals surface area contributed by atoms with Gasteiger partial charge in [-0.3, -0.25) is 4.79 Å². The van der Waals surface area contributed by atoms with Gasteiger partial charge in [0.1, 0.15) is 0 Å². The minimum absolute atomic E-state index is 0.0163. The molecule has 0 radical (unpaired) electrons. The zero-order valence-corrected chi connectivity index (χ0v) is 5.53. The minimum atomic E-state index is -1.05. The van der Waals surface area contributed by atoms with E-state index in [4.69, 9.17) is 5.73 Å². The third-order valence-corrected chi connectivity index (χ3v) is 1.03. The number of nitrogens with zero attached hydrogens (tertiary/aromatic N) is 2. The number of carbonyl (C=O) groups excluding carboxylic acids is 1. The second-order valence-corrected chi connectivity index (χ2v) is 1.69. The van der Waals surface area contributed by atoms with Crippen molar-refractivity contribution in [3.63, 3.8) is 0 Å². The number of primary amides is 1. The second kappa shape index (κ2) is 3.00. The molecule has 0 saturated carbocycles. The van der Waals surface area contributed by atoms with E-state index in [2.05, 4.69) is 9.94 Å². The summed E-state index contributed by atoms with van der Waals surface area (Å²) in [6.45, 7) is -1.05. The van der Waals surface area contributed by atoms with Gasteiger partial charge >= 0.3 is 0 Å². The van der Waals surface area contributed by atoms with Gasteiger partial charge in [0.25, 0.3) is 12.8 Å². The Bertz CT molecular complexity index is 260. The van der Waals surface area contributed by atoms with Crippen LogP contribution in [0.15, 0.2) is 12.3 Å². The number of amides is 1. The van der Waals surface area contributed by atoms with Crippen LogP contribution in [0.3, 0.4) is 0 Å². The summed E-state index contributed by atoms with van der Waals surface area (Å²) in [5.74, 6) is -0.712. The van der Waals surface area contributed by atoms with Crippen LogP contribution in [0.5, 0.6) is 0 Å². The molecular formula is C5H6FN3O2. The van der Waals surface area contributed by atoms with Gasteiger partial charge in [-0.2, -0.15) is 0 Å². The van der Waals surface area contributed by atoms with E-state index in [9.17, 15) is 9.18 Å². The average Bonchev–Trinajstić information content (AvgIpc) is 2.36. The van der Waals surface area contributed by atoms with Crippen molar-refractivity contribution in [3.05, 3.63) is 18.0 Å². The van der Waals surface area contributed by atoms with Crippen molar-refractivity contribution in [2.75, 3.05) is 6.86 Å². The largest absolute Gasteiger partial charge is 0.364 e. The molecule has 0 spiro atoms. The Labute approximate surface area is 61.5 Å². The van der Waals surface area contributed by atoms with Crippen molar-refractivity contribution in [2.45, 2.75) is 0 Å². The molecule has 1 amide bonds. The van der Waals surface area contributed by atoms with Crippen LogP contribution in [0.1, 0.15) is 10.5 Å². The summed E-state index contributed by atoms with van der Waals surface area (Å²) in [7, 11) is 0. The second-order valence-electron chi connectivity index (χ2n) is 1.69. The lowest BCUT2D eigenvalue weighted by molar-refractivity contribution is 0.0174. The first-order chi connectivity index (χ1) is 5.25.